The molecule has 0 aliphatic carbocycles. The zero-order valence-electron chi connectivity index (χ0n) is 9.66. The van der Waals surface area contributed by atoms with Crippen LogP contribution in [-0.2, 0) is 14.3 Å². The van der Waals surface area contributed by atoms with Crippen LogP contribution in [0.25, 0.3) is 0 Å². The van der Waals surface area contributed by atoms with Crippen molar-refractivity contribution < 1.29 is 19.4 Å². The van der Waals surface area contributed by atoms with E-state index in [1.54, 1.807) is 0 Å². The van der Waals surface area contributed by atoms with Crippen molar-refractivity contribution in [2.45, 2.75) is 19.9 Å². The van der Waals surface area contributed by atoms with Crippen molar-refractivity contribution in [2.75, 3.05) is 33.5 Å². The summed E-state index contributed by atoms with van der Waals surface area (Å²) in [5, 5.41) is 11.5. The monoisotopic (exact) mass is 219 g/mol. The highest BCUT2D eigenvalue weighted by molar-refractivity contribution is 5.75. The molecule has 0 aliphatic heterocycles. The zero-order valence-corrected chi connectivity index (χ0v) is 9.66. The second-order valence-electron chi connectivity index (χ2n) is 3.53. The van der Waals surface area contributed by atoms with E-state index in [2.05, 4.69) is 10.1 Å². The lowest BCUT2D eigenvalue weighted by molar-refractivity contribution is -0.144. The molecule has 0 amide bonds. The quantitative estimate of drug-likeness (QED) is 0.436. The molecule has 0 aliphatic rings. The summed E-state index contributed by atoms with van der Waals surface area (Å²) in [6, 6.07) is -0.298. The fraction of sp³-hybridized carbons (Fsp3) is 0.900. The van der Waals surface area contributed by atoms with Crippen LogP contribution >= 0.6 is 0 Å². The predicted octanol–water partition coefficient (Wildman–Crippen LogP) is -0.217. The molecular weight excluding hydrogens is 198 g/mol. The van der Waals surface area contributed by atoms with Crippen LogP contribution in [0.5, 0.6) is 0 Å². The summed E-state index contributed by atoms with van der Waals surface area (Å²) in [5.74, 6) is -0.0811. The van der Waals surface area contributed by atoms with Gasteiger partial charge in [0, 0.05) is 6.54 Å². The molecule has 1 unspecified atom stereocenters. The van der Waals surface area contributed by atoms with Gasteiger partial charge in [-0.3, -0.25) is 4.79 Å². The SMILES string of the molecule is COC(=O)C(NCCOCCO)C(C)C. The number of hydrogen-bond acceptors (Lipinski definition) is 5. The third kappa shape index (κ3) is 6.43. The molecule has 0 aromatic heterocycles. The topological polar surface area (TPSA) is 67.8 Å². The Balaban J connectivity index is 3.72. The van der Waals surface area contributed by atoms with Gasteiger partial charge >= 0.3 is 5.97 Å². The highest BCUT2D eigenvalue weighted by atomic mass is 16.5. The van der Waals surface area contributed by atoms with Gasteiger partial charge in [-0.25, -0.2) is 0 Å². The van der Waals surface area contributed by atoms with Crippen molar-refractivity contribution in [2.24, 2.45) is 5.92 Å². The summed E-state index contributed by atoms with van der Waals surface area (Å²) in [4.78, 5) is 11.3. The van der Waals surface area contributed by atoms with Gasteiger partial charge in [-0.2, -0.15) is 0 Å². The number of ether oxygens (including phenoxy) is 2. The van der Waals surface area contributed by atoms with E-state index >= 15 is 0 Å². The Labute approximate surface area is 90.8 Å². The van der Waals surface area contributed by atoms with E-state index in [4.69, 9.17) is 9.84 Å². The van der Waals surface area contributed by atoms with Crippen LogP contribution in [-0.4, -0.2) is 50.6 Å². The van der Waals surface area contributed by atoms with Crippen molar-refractivity contribution in [1.82, 2.24) is 5.32 Å². The molecule has 0 saturated heterocycles. The third-order valence-corrected chi connectivity index (χ3v) is 1.97. The van der Waals surface area contributed by atoms with E-state index in [0.717, 1.165) is 0 Å². The van der Waals surface area contributed by atoms with Crippen LogP contribution in [0.3, 0.4) is 0 Å². The third-order valence-electron chi connectivity index (χ3n) is 1.97. The van der Waals surface area contributed by atoms with Gasteiger partial charge < -0.3 is 19.9 Å². The molecule has 1 atom stereocenters. The number of aliphatic hydroxyl groups excluding tert-OH is 1. The maximum atomic E-state index is 11.3. The molecule has 0 aromatic rings. The average molecular weight is 219 g/mol. The summed E-state index contributed by atoms with van der Waals surface area (Å²) in [7, 11) is 1.38. The van der Waals surface area contributed by atoms with Crippen LogP contribution in [0.2, 0.25) is 0 Å². The molecule has 2 N–H and O–H groups in total. The number of methoxy groups -OCH3 is 1. The normalized spacial score (nSPS) is 12.9. The Morgan fingerprint density at radius 1 is 1.40 bits per heavy atom. The zero-order chi connectivity index (χ0) is 11.7. The Bertz CT molecular complexity index is 173. The minimum Gasteiger partial charge on any atom is -0.468 e. The first-order valence-corrected chi connectivity index (χ1v) is 5.13. The second-order valence-corrected chi connectivity index (χ2v) is 3.53. The van der Waals surface area contributed by atoms with Gasteiger partial charge in [-0.1, -0.05) is 13.8 Å². The maximum Gasteiger partial charge on any atom is 0.323 e. The summed E-state index contributed by atoms with van der Waals surface area (Å²) in [6.07, 6.45) is 0. The first-order chi connectivity index (χ1) is 7.13. The molecule has 0 bridgehead atoms. The molecule has 5 heteroatoms. The van der Waals surface area contributed by atoms with Gasteiger partial charge in [0.25, 0.3) is 0 Å². The van der Waals surface area contributed by atoms with Crippen LogP contribution in [0, 0.1) is 5.92 Å². The van der Waals surface area contributed by atoms with Crippen LogP contribution < -0.4 is 5.32 Å². The summed E-state index contributed by atoms with van der Waals surface area (Å²) >= 11 is 0. The molecule has 0 aromatic carbocycles. The first-order valence-electron chi connectivity index (χ1n) is 5.13. The molecule has 0 heterocycles. The molecule has 0 rings (SSSR count). The van der Waals surface area contributed by atoms with Crippen molar-refractivity contribution in [3.8, 4) is 0 Å². The molecule has 0 radical (unpaired) electrons. The number of carbonyl (C=O) groups excluding carboxylic acids is 1. The van der Waals surface area contributed by atoms with E-state index < -0.39 is 0 Å². The van der Waals surface area contributed by atoms with E-state index in [1.807, 2.05) is 13.8 Å². The van der Waals surface area contributed by atoms with Gasteiger partial charge in [0.15, 0.2) is 0 Å². The summed E-state index contributed by atoms with van der Waals surface area (Å²) < 4.78 is 9.73. The predicted molar refractivity (Wildman–Crippen MR) is 56.5 cm³/mol. The lowest BCUT2D eigenvalue weighted by Crippen LogP contribution is -2.43. The molecule has 0 saturated carbocycles. The number of rotatable bonds is 8. The molecule has 0 fully saturated rings. The molecule has 90 valence electrons. The van der Waals surface area contributed by atoms with Crippen molar-refractivity contribution in [3.63, 3.8) is 0 Å². The van der Waals surface area contributed by atoms with Gasteiger partial charge in [-0.15, -0.1) is 0 Å². The smallest absolute Gasteiger partial charge is 0.323 e. The molecule has 0 spiro atoms. The average Bonchev–Trinajstić information content (AvgIpc) is 2.22. The number of aliphatic hydroxyl groups is 1. The summed E-state index contributed by atoms with van der Waals surface area (Å²) in [5.41, 5.74) is 0. The highest BCUT2D eigenvalue weighted by Gasteiger charge is 2.21. The lowest BCUT2D eigenvalue weighted by atomic mass is 10.1. The second kappa shape index (κ2) is 8.64. The van der Waals surface area contributed by atoms with E-state index in [0.29, 0.717) is 19.8 Å². The number of esters is 1. The minimum absolute atomic E-state index is 0.0185. The standard InChI is InChI=1S/C10H21NO4/c1-8(2)9(10(13)14-3)11-4-6-15-7-5-12/h8-9,11-12H,4-7H2,1-3H3. The van der Waals surface area contributed by atoms with E-state index in [1.165, 1.54) is 7.11 Å². The number of hydrogen-bond donors (Lipinski definition) is 2. The Hall–Kier alpha value is -0.650. The molecule has 5 nitrogen and oxygen atoms in total. The lowest BCUT2D eigenvalue weighted by Gasteiger charge is -2.19. The van der Waals surface area contributed by atoms with Gasteiger partial charge in [-0.05, 0) is 5.92 Å². The first kappa shape index (κ1) is 14.3. The van der Waals surface area contributed by atoms with Crippen LogP contribution in [0.4, 0.5) is 0 Å². The van der Waals surface area contributed by atoms with Gasteiger partial charge in [0.05, 0.1) is 26.9 Å². The van der Waals surface area contributed by atoms with Gasteiger partial charge in [0.2, 0.25) is 0 Å². The Morgan fingerprint density at radius 2 is 2.07 bits per heavy atom. The maximum absolute atomic E-state index is 11.3. The highest BCUT2D eigenvalue weighted by Crippen LogP contribution is 2.02. The minimum atomic E-state index is -0.298. The van der Waals surface area contributed by atoms with E-state index in [9.17, 15) is 4.79 Å². The number of carbonyl (C=O) groups is 1. The van der Waals surface area contributed by atoms with Crippen molar-refractivity contribution >= 4 is 5.97 Å². The molecule has 15 heavy (non-hydrogen) atoms. The Kier molecular flexibility index (Phi) is 8.27. The molecular formula is C10H21NO4. The summed E-state index contributed by atoms with van der Waals surface area (Å²) in [6.45, 7) is 5.28. The van der Waals surface area contributed by atoms with E-state index in [-0.39, 0.29) is 24.5 Å². The van der Waals surface area contributed by atoms with Crippen LogP contribution in [0.15, 0.2) is 0 Å². The Morgan fingerprint density at radius 3 is 2.53 bits per heavy atom. The van der Waals surface area contributed by atoms with Crippen LogP contribution in [0.1, 0.15) is 13.8 Å². The van der Waals surface area contributed by atoms with Crippen molar-refractivity contribution in [1.29, 1.82) is 0 Å². The van der Waals surface area contributed by atoms with Gasteiger partial charge in [0.1, 0.15) is 6.04 Å². The fourth-order valence-corrected chi connectivity index (χ4v) is 1.17. The number of nitrogens with one attached hydrogen (secondary N) is 1. The largest absolute Gasteiger partial charge is 0.468 e. The van der Waals surface area contributed by atoms with Crippen molar-refractivity contribution in [3.05, 3.63) is 0 Å². The fourth-order valence-electron chi connectivity index (χ4n) is 1.17.